The van der Waals surface area contributed by atoms with Gasteiger partial charge in [0.25, 0.3) is 0 Å². The minimum atomic E-state index is 0. The summed E-state index contributed by atoms with van der Waals surface area (Å²) in [5, 5.41) is 3.51. The van der Waals surface area contributed by atoms with Crippen LogP contribution in [0.4, 0.5) is 5.82 Å². The Morgan fingerprint density at radius 3 is 2.53 bits per heavy atom. The molecule has 174 valence electrons. The van der Waals surface area contributed by atoms with Gasteiger partial charge < -0.3 is 19.9 Å². The van der Waals surface area contributed by atoms with Gasteiger partial charge in [0, 0.05) is 44.5 Å². The summed E-state index contributed by atoms with van der Waals surface area (Å²) in [6, 6.07) is 15.0. The van der Waals surface area contributed by atoms with Crippen LogP contribution in [-0.4, -0.2) is 61.8 Å². The van der Waals surface area contributed by atoms with Crippen molar-refractivity contribution < 1.29 is 4.74 Å². The maximum atomic E-state index is 5.50. The van der Waals surface area contributed by atoms with E-state index in [-0.39, 0.29) is 24.0 Å². The van der Waals surface area contributed by atoms with E-state index in [1.54, 1.807) is 0 Å². The van der Waals surface area contributed by atoms with Crippen molar-refractivity contribution >= 4 is 35.8 Å². The number of guanidine groups is 1. The molecule has 3 heterocycles. The van der Waals surface area contributed by atoms with Crippen LogP contribution in [0.3, 0.4) is 0 Å². The molecule has 0 unspecified atom stereocenters. The van der Waals surface area contributed by atoms with Crippen LogP contribution in [0.25, 0.3) is 0 Å². The zero-order valence-corrected chi connectivity index (χ0v) is 21.4. The average molecular weight is 550 g/mol. The van der Waals surface area contributed by atoms with Crippen LogP contribution < -0.4 is 10.2 Å². The number of halogens is 1. The number of aromatic nitrogens is 1. The number of anilines is 1. The van der Waals surface area contributed by atoms with Gasteiger partial charge in [-0.1, -0.05) is 36.4 Å². The van der Waals surface area contributed by atoms with E-state index in [1.165, 1.54) is 30.4 Å². The van der Waals surface area contributed by atoms with Crippen molar-refractivity contribution in [1.82, 2.24) is 15.2 Å². The van der Waals surface area contributed by atoms with Crippen molar-refractivity contribution in [2.45, 2.75) is 32.7 Å². The molecule has 2 saturated heterocycles. The predicted octanol–water partition coefficient (Wildman–Crippen LogP) is 3.96. The van der Waals surface area contributed by atoms with Crippen molar-refractivity contribution in [3.05, 3.63) is 59.8 Å². The Morgan fingerprint density at radius 1 is 1.06 bits per heavy atom. The molecule has 0 aliphatic carbocycles. The highest BCUT2D eigenvalue weighted by molar-refractivity contribution is 14.0. The zero-order valence-electron chi connectivity index (χ0n) is 19.1. The number of nitrogens with one attached hydrogen (secondary N) is 1. The fourth-order valence-corrected chi connectivity index (χ4v) is 4.50. The molecule has 2 fully saturated rings. The van der Waals surface area contributed by atoms with Gasteiger partial charge >= 0.3 is 0 Å². The molecule has 0 amide bonds. The van der Waals surface area contributed by atoms with Crippen LogP contribution >= 0.6 is 24.0 Å². The number of benzene rings is 1. The number of hydrogen-bond acceptors (Lipinski definition) is 4. The number of aliphatic imine (C=N–C) groups is 1. The summed E-state index contributed by atoms with van der Waals surface area (Å²) in [6.45, 7) is 9.10. The van der Waals surface area contributed by atoms with Crippen LogP contribution in [0.1, 0.15) is 30.9 Å². The predicted molar refractivity (Wildman–Crippen MR) is 142 cm³/mol. The van der Waals surface area contributed by atoms with Crippen LogP contribution in [0.5, 0.6) is 0 Å². The Kier molecular flexibility index (Phi) is 10.1. The second kappa shape index (κ2) is 13.0. The summed E-state index contributed by atoms with van der Waals surface area (Å²) in [4.78, 5) is 14.4. The molecule has 2 aliphatic heterocycles. The highest BCUT2D eigenvalue weighted by atomic mass is 127. The van der Waals surface area contributed by atoms with Crippen molar-refractivity contribution in [3.8, 4) is 0 Å². The normalized spacial score (nSPS) is 17.7. The van der Waals surface area contributed by atoms with Gasteiger partial charge in [0.15, 0.2) is 5.96 Å². The Bertz CT molecular complexity index is 833. The summed E-state index contributed by atoms with van der Waals surface area (Å²) < 4.78 is 5.50. The van der Waals surface area contributed by atoms with E-state index < -0.39 is 0 Å². The fourth-order valence-electron chi connectivity index (χ4n) is 4.50. The molecule has 0 spiro atoms. The lowest BCUT2D eigenvalue weighted by Crippen LogP contribution is -2.46. The molecule has 2 aliphatic rings. The Morgan fingerprint density at radius 2 is 1.81 bits per heavy atom. The minimum absolute atomic E-state index is 0. The summed E-state index contributed by atoms with van der Waals surface area (Å²) in [6.07, 6.45) is 5.48. The fraction of sp³-hybridized carbons (Fsp3) is 0.520. The standard InChI is InChI=1S/C25H35N5O.HI/c1-2-26-25(30-13-10-22(11-14-30)19-21-7-4-3-5-8-21)28-20-23-9-6-12-27-24(23)29-15-17-31-18-16-29;/h3-9,12,22H,2,10-11,13-20H2,1H3,(H,26,28);1H. The molecule has 1 aromatic carbocycles. The van der Waals surface area contributed by atoms with Crippen LogP contribution in [-0.2, 0) is 17.7 Å². The number of morpholine rings is 1. The molecule has 1 aromatic heterocycles. The highest BCUT2D eigenvalue weighted by Gasteiger charge is 2.22. The van der Waals surface area contributed by atoms with E-state index in [0.29, 0.717) is 6.54 Å². The molecule has 7 heteroatoms. The molecular formula is C25H36IN5O. The number of hydrogen-bond donors (Lipinski definition) is 1. The summed E-state index contributed by atoms with van der Waals surface area (Å²) in [7, 11) is 0. The molecule has 4 rings (SSSR count). The van der Waals surface area contributed by atoms with Crippen molar-refractivity contribution in [2.75, 3.05) is 50.8 Å². The number of rotatable bonds is 6. The number of ether oxygens (including phenoxy) is 1. The Labute approximate surface area is 209 Å². The summed E-state index contributed by atoms with van der Waals surface area (Å²) >= 11 is 0. The SMILES string of the molecule is CCNC(=NCc1cccnc1N1CCOCC1)N1CCC(Cc2ccccc2)CC1.I. The summed E-state index contributed by atoms with van der Waals surface area (Å²) in [5.41, 5.74) is 2.63. The topological polar surface area (TPSA) is 53.0 Å². The molecule has 32 heavy (non-hydrogen) atoms. The van der Waals surface area contributed by atoms with Gasteiger partial charge in [-0.3, -0.25) is 0 Å². The third-order valence-electron chi connectivity index (χ3n) is 6.19. The van der Waals surface area contributed by atoms with E-state index in [9.17, 15) is 0 Å². The Balaban J connectivity index is 0.00000289. The van der Waals surface area contributed by atoms with Gasteiger partial charge in [-0.25, -0.2) is 9.98 Å². The second-order valence-electron chi connectivity index (χ2n) is 8.38. The van der Waals surface area contributed by atoms with Gasteiger partial charge in [-0.15, -0.1) is 24.0 Å². The van der Waals surface area contributed by atoms with E-state index in [1.807, 2.05) is 12.3 Å². The lowest BCUT2D eigenvalue weighted by molar-refractivity contribution is 0.122. The van der Waals surface area contributed by atoms with Crippen LogP contribution in [0.15, 0.2) is 53.7 Å². The third-order valence-corrected chi connectivity index (χ3v) is 6.19. The monoisotopic (exact) mass is 549 g/mol. The smallest absolute Gasteiger partial charge is 0.194 e. The van der Waals surface area contributed by atoms with E-state index in [0.717, 1.165) is 63.6 Å². The quantitative estimate of drug-likeness (QED) is 0.336. The summed E-state index contributed by atoms with van der Waals surface area (Å²) in [5.74, 6) is 2.83. The molecule has 0 saturated carbocycles. The number of nitrogens with zero attached hydrogens (tertiary/aromatic N) is 4. The first-order chi connectivity index (χ1) is 15.3. The van der Waals surface area contributed by atoms with E-state index in [4.69, 9.17) is 9.73 Å². The van der Waals surface area contributed by atoms with Gasteiger partial charge in [-0.2, -0.15) is 0 Å². The molecule has 1 N–H and O–H groups in total. The van der Waals surface area contributed by atoms with Gasteiger partial charge in [0.05, 0.1) is 19.8 Å². The third kappa shape index (κ3) is 6.81. The van der Waals surface area contributed by atoms with Gasteiger partial charge in [-0.05, 0) is 43.7 Å². The lowest BCUT2D eigenvalue weighted by Gasteiger charge is -2.34. The first-order valence-corrected chi connectivity index (χ1v) is 11.7. The maximum Gasteiger partial charge on any atom is 0.194 e. The Hall–Kier alpha value is -1.87. The van der Waals surface area contributed by atoms with E-state index >= 15 is 0 Å². The van der Waals surface area contributed by atoms with Gasteiger partial charge in [0.2, 0.25) is 0 Å². The van der Waals surface area contributed by atoms with Crippen LogP contribution in [0.2, 0.25) is 0 Å². The number of likely N-dealkylation sites (tertiary alicyclic amines) is 1. The second-order valence-corrected chi connectivity index (χ2v) is 8.38. The molecular weight excluding hydrogens is 513 g/mol. The van der Waals surface area contributed by atoms with Crippen molar-refractivity contribution in [1.29, 1.82) is 0 Å². The molecule has 0 bridgehead atoms. The van der Waals surface area contributed by atoms with Gasteiger partial charge in [0.1, 0.15) is 5.82 Å². The maximum absolute atomic E-state index is 5.50. The van der Waals surface area contributed by atoms with Crippen molar-refractivity contribution in [3.63, 3.8) is 0 Å². The number of piperidine rings is 1. The lowest BCUT2D eigenvalue weighted by atomic mass is 9.90. The molecule has 0 radical (unpaired) electrons. The zero-order chi connectivity index (χ0) is 21.3. The number of pyridine rings is 1. The highest BCUT2D eigenvalue weighted by Crippen LogP contribution is 2.23. The largest absolute Gasteiger partial charge is 0.378 e. The minimum Gasteiger partial charge on any atom is -0.378 e. The first-order valence-electron chi connectivity index (χ1n) is 11.7. The average Bonchev–Trinajstić information content (AvgIpc) is 2.84. The van der Waals surface area contributed by atoms with Crippen LogP contribution in [0, 0.1) is 5.92 Å². The van der Waals surface area contributed by atoms with E-state index in [2.05, 4.69) is 63.4 Å². The van der Waals surface area contributed by atoms with Crippen molar-refractivity contribution in [2.24, 2.45) is 10.9 Å². The molecule has 2 aromatic rings. The first kappa shape index (κ1) is 24.8. The molecule has 0 atom stereocenters. The molecule has 6 nitrogen and oxygen atoms in total.